The molecule has 0 radical (unpaired) electrons. The Labute approximate surface area is 121 Å². The fourth-order valence-electron chi connectivity index (χ4n) is 2.12. The summed E-state index contributed by atoms with van der Waals surface area (Å²) in [5.41, 5.74) is 6.93. The van der Waals surface area contributed by atoms with Crippen LogP contribution in [0, 0.1) is 0 Å². The van der Waals surface area contributed by atoms with Gasteiger partial charge in [-0.15, -0.1) is 0 Å². The molecule has 1 rings (SSSR count). The average molecular weight is 278 g/mol. The number of hydrogen-bond acceptors (Lipinski definition) is 3. The van der Waals surface area contributed by atoms with E-state index in [2.05, 4.69) is 13.8 Å². The number of ether oxygens (including phenoxy) is 1. The number of unbranched alkanes of at least 4 members (excludes halogenated alkanes) is 2. The van der Waals surface area contributed by atoms with Crippen molar-refractivity contribution in [2.45, 2.75) is 39.5 Å². The molecule has 1 aromatic carbocycles. The predicted molar refractivity (Wildman–Crippen MR) is 83.1 cm³/mol. The van der Waals surface area contributed by atoms with E-state index >= 15 is 0 Å². The van der Waals surface area contributed by atoms with E-state index in [1.807, 2.05) is 4.90 Å². The van der Waals surface area contributed by atoms with Crippen LogP contribution < -0.4 is 10.5 Å². The van der Waals surface area contributed by atoms with E-state index in [1.165, 1.54) is 0 Å². The van der Waals surface area contributed by atoms with Gasteiger partial charge in [0, 0.05) is 18.8 Å². The number of benzene rings is 1. The first-order chi connectivity index (χ1) is 9.65. The molecule has 0 aliphatic carbocycles. The molecule has 4 nitrogen and oxygen atoms in total. The lowest BCUT2D eigenvalue weighted by Crippen LogP contribution is -2.33. The summed E-state index contributed by atoms with van der Waals surface area (Å²) in [5.74, 6) is 0.523. The number of amides is 1. The lowest BCUT2D eigenvalue weighted by molar-refractivity contribution is 0.0749. The number of methoxy groups -OCH3 is 1. The predicted octanol–water partition coefficient (Wildman–Crippen LogP) is 3.32. The van der Waals surface area contributed by atoms with Crippen molar-refractivity contribution in [3.8, 4) is 5.75 Å². The molecule has 0 atom stereocenters. The molecule has 4 heteroatoms. The number of nitrogen functional groups attached to an aromatic ring is 1. The minimum atomic E-state index is -0.0261. The van der Waals surface area contributed by atoms with E-state index in [9.17, 15) is 4.79 Å². The first-order valence-electron chi connectivity index (χ1n) is 7.37. The van der Waals surface area contributed by atoms with Crippen molar-refractivity contribution in [3.63, 3.8) is 0 Å². The minimum absolute atomic E-state index is 0.0261. The molecule has 0 unspecified atom stereocenters. The highest BCUT2D eigenvalue weighted by atomic mass is 16.5. The summed E-state index contributed by atoms with van der Waals surface area (Å²) >= 11 is 0. The molecule has 20 heavy (non-hydrogen) atoms. The van der Waals surface area contributed by atoms with Crippen LogP contribution in [0.4, 0.5) is 5.69 Å². The van der Waals surface area contributed by atoms with E-state index in [0.29, 0.717) is 17.0 Å². The summed E-state index contributed by atoms with van der Waals surface area (Å²) in [7, 11) is 1.56. The van der Waals surface area contributed by atoms with Crippen molar-refractivity contribution in [1.82, 2.24) is 4.90 Å². The van der Waals surface area contributed by atoms with Crippen LogP contribution in [0.2, 0.25) is 0 Å². The molecule has 112 valence electrons. The van der Waals surface area contributed by atoms with Crippen molar-refractivity contribution in [2.24, 2.45) is 0 Å². The Morgan fingerprint density at radius 3 is 2.30 bits per heavy atom. The Morgan fingerprint density at radius 2 is 1.80 bits per heavy atom. The number of nitrogens with two attached hydrogens (primary N) is 1. The van der Waals surface area contributed by atoms with E-state index in [-0.39, 0.29) is 5.91 Å². The summed E-state index contributed by atoms with van der Waals surface area (Å²) in [5, 5.41) is 0. The highest BCUT2D eigenvalue weighted by Gasteiger charge is 2.21. The lowest BCUT2D eigenvalue weighted by Gasteiger charge is -2.24. The van der Waals surface area contributed by atoms with Crippen molar-refractivity contribution in [1.29, 1.82) is 0 Å². The third kappa shape index (κ3) is 4.15. The van der Waals surface area contributed by atoms with Crippen molar-refractivity contribution in [3.05, 3.63) is 23.8 Å². The number of anilines is 1. The molecular weight excluding hydrogens is 252 g/mol. The normalized spacial score (nSPS) is 10.3. The maximum atomic E-state index is 12.7. The number of rotatable bonds is 8. The van der Waals surface area contributed by atoms with Crippen LogP contribution in [-0.2, 0) is 0 Å². The monoisotopic (exact) mass is 278 g/mol. The van der Waals surface area contributed by atoms with Crippen molar-refractivity contribution in [2.75, 3.05) is 25.9 Å². The van der Waals surface area contributed by atoms with Gasteiger partial charge >= 0.3 is 0 Å². The first kappa shape index (κ1) is 16.3. The van der Waals surface area contributed by atoms with E-state index < -0.39 is 0 Å². The smallest absolute Gasteiger partial charge is 0.259 e. The van der Waals surface area contributed by atoms with Gasteiger partial charge in [-0.1, -0.05) is 32.8 Å². The Morgan fingerprint density at radius 1 is 1.20 bits per heavy atom. The summed E-state index contributed by atoms with van der Waals surface area (Å²) < 4.78 is 5.28. The van der Waals surface area contributed by atoms with Gasteiger partial charge in [0.25, 0.3) is 5.91 Å². The molecule has 0 heterocycles. The standard InChI is InChI=1S/C16H26N2O2/c1-4-6-11-18(12-7-5-2)16(19)15-13(17)9-8-10-14(15)20-3/h8-10H,4-7,11-12,17H2,1-3H3. The van der Waals surface area contributed by atoms with Crippen LogP contribution in [0.5, 0.6) is 5.75 Å². The molecule has 0 fully saturated rings. The van der Waals surface area contributed by atoms with Gasteiger partial charge in [0.05, 0.1) is 7.11 Å². The molecule has 0 bridgehead atoms. The first-order valence-corrected chi connectivity index (χ1v) is 7.37. The van der Waals surface area contributed by atoms with Gasteiger partial charge in [0.1, 0.15) is 11.3 Å². The average Bonchev–Trinajstić information content (AvgIpc) is 2.46. The Bertz CT molecular complexity index is 424. The van der Waals surface area contributed by atoms with Gasteiger partial charge in [-0.05, 0) is 25.0 Å². The Hall–Kier alpha value is -1.71. The van der Waals surface area contributed by atoms with Gasteiger partial charge in [0.15, 0.2) is 0 Å². The molecule has 0 aromatic heterocycles. The second kappa shape index (κ2) is 8.46. The number of carbonyl (C=O) groups is 1. The highest BCUT2D eigenvalue weighted by molar-refractivity contribution is 6.01. The zero-order valence-corrected chi connectivity index (χ0v) is 12.8. The lowest BCUT2D eigenvalue weighted by atomic mass is 10.1. The second-order valence-electron chi connectivity index (χ2n) is 4.92. The molecule has 1 aromatic rings. The molecule has 2 N–H and O–H groups in total. The minimum Gasteiger partial charge on any atom is -0.496 e. The fraction of sp³-hybridized carbons (Fsp3) is 0.562. The van der Waals surface area contributed by atoms with Gasteiger partial charge in [-0.25, -0.2) is 0 Å². The van der Waals surface area contributed by atoms with Gasteiger partial charge in [-0.2, -0.15) is 0 Å². The van der Waals surface area contributed by atoms with E-state index in [0.717, 1.165) is 38.8 Å². The van der Waals surface area contributed by atoms with Crippen LogP contribution in [0.3, 0.4) is 0 Å². The third-order valence-corrected chi connectivity index (χ3v) is 3.34. The van der Waals surface area contributed by atoms with Crippen molar-refractivity contribution < 1.29 is 9.53 Å². The zero-order chi connectivity index (χ0) is 15.0. The summed E-state index contributed by atoms with van der Waals surface area (Å²) in [4.78, 5) is 14.6. The van der Waals surface area contributed by atoms with Crippen LogP contribution in [-0.4, -0.2) is 31.0 Å². The molecule has 0 saturated carbocycles. The Kier molecular flexibility index (Phi) is 6.91. The summed E-state index contributed by atoms with van der Waals surface area (Å²) in [6, 6.07) is 5.32. The largest absolute Gasteiger partial charge is 0.496 e. The maximum Gasteiger partial charge on any atom is 0.259 e. The quantitative estimate of drug-likeness (QED) is 0.742. The third-order valence-electron chi connectivity index (χ3n) is 3.34. The zero-order valence-electron chi connectivity index (χ0n) is 12.8. The van der Waals surface area contributed by atoms with Crippen molar-refractivity contribution >= 4 is 11.6 Å². The second-order valence-corrected chi connectivity index (χ2v) is 4.92. The maximum absolute atomic E-state index is 12.7. The summed E-state index contributed by atoms with van der Waals surface area (Å²) in [6.07, 6.45) is 4.14. The number of nitrogens with zero attached hydrogens (tertiary/aromatic N) is 1. The SMILES string of the molecule is CCCCN(CCCC)C(=O)c1c(N)cccc1OC. The highest BCUT2D eigenvalue weighted by Crippen LogP contribution is 2.26. The van der Waals surface area contributed by atoms with Crippen LogP contribution in [0.15, 0.2) is 18.2 Å². The molecule has 1 amide bonds. The van der Waals surface area contributed by atoms with Gasteiger partial charge in [0.2, 0.25) is 0 Å². The Balaban J connectivity index is 2.98. The van der Waals surface area contributed by atoms with E-state index in [1.54, 1.807) is 25.3 Å². The summed E-state index contributed by atoms with van der Waals surface area (Å²) in [6.45, 7) is 5.79. The molecular formula is C16H26N2O2. The fourth-order valence-corrected chi connectivity index (χ4v) is 2.12. The van der Waals surface area contributed by atoms with Gasteiger partial charge in [-0.3, -0.25) is 4.79 Å². The molecule has 0 spiro atoms. The molecule has 0 aliphatic rings. The molecule has 0 saturated heterocycles. The van der Waals surface area contributed by atoms with Crippen LogP contribution >= 0.6 is 0 Å². The number of hydrogen-bond donors (Lipinski definition) is 1. The van der Waals surface area contributed by atoms with Gasteiger partial charge < -0.3 is 15.4 Å². The van der Waals surface area contributed by atoms with Crippen LogP contribution in [0.1, 0.15) is 49.9 Å². The molecule has 0 aliphatic heterocycles. The number of carbonyl (C=O) groups excluding carboxylic acids is 1. The topological polar surface area (TPSA) is 55.6 Å². The van der Waals surface area contributed by atoms with E-state index in [4.69, 9.17) is 10.5 Å². The van der Waals surface area contributed by atoms with Crippen LogP contribution in [0.25, 0.3) is 0 Å².